The summed E-state index contributed by atoms with van der Waals surface area (Å²) in [6.07, 6.45) is 1.46. The van der Waals surface area contributed by atoms with E-state index in [4.69, 9.17) is 4.74 Å². The molecule has 0 spiro atoms. The summed E-state index contributed by atoms with van der Waals surface area (Å²) in [6.45, 7) is 2.13. The van der Waals surface area contributed by atoms with Crippen molar-refractivity contribution in [1.82, 2.24) is 5.32 Å². The number of carbonyl (C=O) groups is 3. The Morgan fingerprint density at radius 3 is 2.34 bits per heavy atom. The van der Waals surface area contributed by atoms with Gasteiger partial charge in [-0.1, -0.05) is 35.9 Å². The number of hydrogen-bond acceptors (Lipinski definition) is 5. The molecule has 0 atom stereocenters. The third-order valence-corrected chi connectivity index (χ3v) is 6.84. The van der Waals surface area contributed by atoms with Crippen LogP contribution in [0.2, 0.25) is 0 Å². The van der Waals surface area contributed by atoms with Crippen LogP contribution in [0, 0.1) is 25.4 Å². The standard InChI is InChI=1S/C26H17I2N3O4/c1-15-6-8-19(9-7-15)31-25(33)20(24(32)30-26(31)34)10-16-11-21(27)23(22(28)12-16)35-14-18-5-3-2-4-17(18)13-29/h2-12H,14H2,1H3,(H,30,32,34)/b20-10+. The summed E-state index contributed by atoms with van der Waals surface area (Å²) in [6, 6.07) is 19.0. The van der Waals surface area contributed by atoms with E-state index < -0.39 is 17.8 Å². The quantitative estimate of drug-likeness (QED) is 0.222. The van der Waals surface area contributed by atoms with Crippen molar-refractivity contribution in [3.63, 3.8) is 0 Å². The van der Waals surface area contributed by atoms with E-state index in [1.807, 2.05) is 19.1 Å². The average Bonchev–Trinajstić information content (AvgIpc) is 2.82. The molecular weight excluding hydrogens is 672 g/mol. The largest absolute Gasteiger partial charge is 0.487 e. The van der Waals surface area contributed by atoms with Crippen molar-refractivity contribution in [3.8, 4) is 11.8 Å². The third kappa shape index (κ3) is 5.38. The molecule has 7 nitrogen and oxygen atoms in total. The first-order chi connectivity index (χ1) is 16.8. The fraction of sp³-hybridized carbons (Fsp3) is 0.0769. The maximum Gasteiger partial charge on any atom is 0.335 e. The summed E-state index contributed by atoms with van der Waals surface area (Å²) in [7, 11) is 0. The molecule has 3 aromatic carbocycles. The van der Waals surface area contributed by atoms with Crippen molar-refractivity contribution in [1.29, 1.82) is 5.26 Å². The number of urea groups is 1. The topological polar surface area (TPSA) is 99.5 Å². The van der Waals surface area contributed by atoms with Crippen LogP contribution in [0.25, 0.3) is 6.08 Å². The molecule has 9 heteroatoms. The minimum Gasteiger partial charge on any atom is -0.487 e. The Labute approximate surface area is 229 Å². The maximum atomic E-state index is 13.1. The fourth-order valence-electron chi connectivity index (χ4n) is 3.46. The normalized spacial score (nSPS) is 14.6. The zero-order valence-corrected chi connectivity index (χ0v) is 22.7. The van der Waals surface area contributed by atoms with Gasteiger partial charge < -0.3 is 4.74 Å². The summed E-state index contributed by atoms with van der Waals surface area (Å²) in [5.41, 5.74) is 3.15. The Morgan fingerprint density at radius 2 is 1.69 bits per heavy atom. The van der Waals surface area contributed by atoms with Crippen LogP contribution >= 0.6 is 45.2 Å². The first-order valence-corrected chi connectivity index (χ1v) is 12.5. The maximum absolute atomic E-state index is 13.1. The number of aryl methyl sites for hydroxylation is 1. The van der Waals surface area contributed by atoms with Crippen LogP contribution < -0.4 is 15.0 Å². The number of nitrogens with one attached hydrogen (secondary N) is 1. The number of nitriles is 1. The van der Waals surface area contributed by atoms with Gasteiger partial charge in [-0.15, -0.1) is 0 Å². The van der Waals surface area contributed by atoms with Crippen LogP contribution in [-0.4, -0.2) is 17.8 Å². The summed E-state index contributed by atoms with van der Waals surface area (Å²) in [4.78, 5) is 39.0. The van der Waals surface area contributed by atoms with Crippen molar-refractivity contribution in [3.05, 3.63) is 95.6 Å². The zero-order chi connectivity index (χ0) is 25.1. The molecule has 1 saturated heterocycles. The monoisotopic (exact) mass is 689 g/mol. The predicted molar refractivity (Wildman–Crippen MR) is 148 cm³/mol. The molecule has 4 rings (SSSR count). The van der Waals surface area contributed by atoms with E-state index in [0.29, 0.717) is 22.6 Å². The summed E-state index contributed by atoms with van der Waals surface area (Å²) in [5, 5.41) is 11.5. The highest BCUT2D eigenvalue weighted by atomic mass is 127. The van der Waals surface area contributed by atoms with E-state index in [2.05, 4.69) is 56.6 Å². The highest BCUT2D eigenvalue weighted by Gasteiger charge is 2.36. The van der Waals surface area contributed by atoms with Gasteiger partial charge in [0.05, 0.1) is 24.5 Å². The lowest BCUT2D eigenvalue weighted by Crippen LogP contribution is -2.54. The minimum atomic E-state index is -0.786. The molecule has 0 aromatic heterocycles. The predicted octanol–water partition coefficient (Wildman–Crippen LogP) is 5.32. The summed E-state index contributed by atoms with van der Waals surface area (Å²) in [5.74, 6) is -0.806. The molecule has 35 heavy (non-hydrogen) atoms. The summed E-state index contributed by atoms with van der Waals surface area (Å²) >= 11 is 4.25. The van der Waals surface area contributed by atoms with Crippen molar-refractivity contribution in [2.75, 3.05) is 4.90 Å². The molecule has 1 aliphatic rings. The second-order valence-electron chi connectivity index (χ2n) is 7.66. The van der Waals surface area contributed by atoms with Gasteiger partial charge in [-0.2, -0.15) is 5.26 Å². The molecular formula is C26H17I2N3O4. The van der Waals surface area contributed by atoms with E-state index in [9.17, 15) is 19.6 Å². The number of rotatable bonds is 5. The number of ether oxygens (including phenoxy) is 1. The molecule has 3 aromatic rings. The van der Waals surface area contributed by atoms with E-state index in [-0.39, 0.29) is 12.2 Å². The first kappa shape index (κ1) is 24.9. The van der Waals surface area contributed by atoms with E-state index >= 15 is 0 Å². The van der Waals surface area contributed by atoms with Crippen LogP contribution in [0.15, 0.2) is 66.2 Å². The number of hydrogen-bond donors (Lipinski definition) is 1. The molecule has 0 unspecified atom stereocenters. The Hall–Kier alpha value is -3.24. The Morgan fingerprint density at radius 1 is 1.03 bits per heavy atom. The number of benzene rings is 3. The van der Waals surface area contributed by atoms with E-state index in [1.54, 1.807) is 48.5 Å². The highest BCUT2D eigenvalue weighted by molar-refractivity contribution is 14.1. The molecule has 1 heterocycles. The lowest BCUT2D eigenvalue weighted by molar-refractivity contribution is -0.122. The molecule has 4 amide bonds. The number of imide groups is 2. The smallest absolute Gasteiger partial charge is 0.335 e. The van der Waals surface area contributed by atoms with Crippen molar-refractivity contribution < 1.29 is 19.1 Å². The molecule has 0 aliphatic carbocycles. The molecule has 0 radical (unpaired) electrons. The molecule has 1 fully saturated rings. The number of amides is 4. The van der Waals surface area contributed by atoms with Gasteiger partial charge in [0.15, 0.2) is 0 Å². The third-order valence-electron chi connectivity index (χ3n) is 5.24. The second kappa shape index (κ2) is 10.6. The molecule has 1 aliphatic heterocycles. The van der Waals surface area contributed by atoms with Gasteiger partial charge >= 0.3 is 6.03 Å². The Kier molecular flexibility index (Phi) is 7.51. The minimum absolute atomic E-state index is 0.145. The van der Waals surface area contributed by atoms with Crippen molar-refractivity contribution in [2.24, 2.45) is 0 Å². The fourth-order valence-corrected chi connectivity index (χ4v) is 5.59. The highest BCUT2D eigenvalue weighted by Crippen LogP contribution is 2.31. The van der Waals surface area contributed by atoms with E-state index in [1.165, 1.54) is 6.08 Å². The average molecular weight is 689 g/mol. The van der Waals surface area contributed by atoms with Crippen molar-refractivity contribution in [2.45, 2.75) is 13.5 Å². The van der Waals surface area contributed by atoms with Crippen LogP contribution in [0.4, 0.5) is 10.5 Å². The second-order valence-corrected chi connectivity index (χ2v) is 9.99. The first-order valence-electron chi connectivity index (χ1n) is 10.4. The van der Waals surface area contributed by atoms with Crippen molar-refractivity contribution >= 4 is 74.8 Å². The SMILES string of the molecule is Cc1ccc(N2C(=O)NC(=O)/C(=C\c3cc(I)c(OCc4ccccc4C#N)c(I)c3)C2=O)cc1. The number of carbonyl (C=O) groups excluding carboxylic acids is 3. The zero-order valence-electron chi connectivity index (χ0n) is 18.3. The molecule has 0 saturated carbocycles. The van der Waals surface area contributed by atoms with Gasteiger partial charge in [0, 0.05) is 5.56 Å². The Bertz CT molecular complexity index is 1400. The number of barbiturate groups is 1. The van der Waals surface area contributed by atoms with Gasteiger partial charge in [0.25, 0.3) is 11.8 Å². The summed E-state index contributed by atoms with van der Waals surface area (Å²) < 4.78 is 7.53. The number of anilines is 1. The molecule has 174 valence electrons. The molecule has 1 N–H and O–H groups in total. The van der Waals surface area contributed by atoms with Crippen LogP contribution in [0.1, 0.15) is 22.3 Å². The number of nitrogens with zero attached hydrogens (tertiary/aromatic N) is 2. The van der Waals surface area contributed by atoms with Crippen LogP contribution in [-0.2, 0) is 16.2 Å². The van der Waals surface area contributed by atoms with Gasteiger partial charge in [0.2, 0.25) is 0 Å². The van der Waals surface area contributed by atoms with Crippen LogP contribution in [0.5, 0.6) is 5.75 Å². The van der Waals surface area contributed by atoms with Gasteiger partial charge in [-0.25, -0.2) is 9.69 Å². The number of halogens is 2. The lowest BCUT2D eigenvalue weighted by Gasteiger charge is -2.26. The van der Waals surface area contributed by atoms with Gasteiger partial charge in [0.1, 0.15) is 17.9 Å². The van der Waals surface area contributed by atoms with Crippen LogP contribution in [0.3, 0.4) is 0 Å². The lowest BCUT2D eigenvalue weighted by atomic mass is 10.1. The molecule has 0 bridgehead atoms. The van der Waals surface area contributed by atoms with Gasteiger partial charge in [-0.3, -0.25) is 14.9 Å². The Balaban J connectivity index is 1.61. The van der Waals surface area contributed by atoms with E-state index in [0.717, 1.165) is 23.2 Å². The van der Waals surface area contributed by atoms with Gasteiger partial charge in [-0.05, 0) is 94.1 Å².